The van der Waals surface area contributed by atoms with Crippen molar-refractivity contribution in [1.82, 2.24) is 10.0 Å². The van der Waals surface area contributed by atoms with Gasteiger partial charge < -0.3 is 15.0 Å². The lowest BCUT2D eigenvalue weighted by Crippen LogP contribution is -3.06. The van der Waals surface area contributed by atoms with Gasteiger partial charge in [0.1, 0.15) is 23.2 Å². The Balaban J connectivity index is 1.86. The van der Waals surface area contributed by atoms with Crippen LogP contribution in [0.5, 0.6) is 5.75 Å². The highest BCUT2D eigenvalue weighted by atomic mass is 32.2. The molecule has 1 amide bonds. The van der Waals surface area contributed by atoms with Crippen molar-refractivity contribution in [2.24, 2.45) is 0 Å². The molecule has 3 N–H and O–H groups in total. The smallest absolute Gasteiger partial charge is 0.252 e. The number of methoxy groups -OCH3 is 1. The molecule has 2 aromatic rings. The molecule has 8 heteroatoms. The number of carbonyl (C=O) groups is 1. The third kappa shape index (κ3) is 5.56. The number of amides is 1. The molecule has 0 bridgehead atoms. The van der Waals surface area contributed by atoms with Crippen LogP contribution in [0, 0.1) is 0 Å². The molecule has 0 spiro atoms. The summed E-state index contributed by atoms with van der Waals surface area (Å²) in [5.74, 6) is -0.113. The number of rotatable bonds is 9. The van der Waals surface area contributed by atoms with E-state index in [2.05, 4.69) is 10.0 Å². The van der Waals surface area contributed by atoms with Crippen LogP contribution in [0.3, 0.4) is 0 Å². The van der Waals surface area contributed by atoms with Gasteiger partial charge in [-0.15, -0.1) is 0 Å². The van der Waals surface area contributed by atoms with Gasteiger partial charge in [0.2, 0.25) is 10.0 Å². The van der Waals surface area contributed by atoms with Crippen LogP contribution in [-0.4, -0.2) is 48.1 Å². The topological polar surface area (TPSA) is 88.9 Å². The van der Waals surface area contributed by atoms with Crippen molar-refractivity contribution in [3.05, 3.63) is 59.7 Å². The number of carbonyl (C=O) groups excluding carboxylic acids is 1. The molecule has 156 valence electrons. The summed E-state index contributed by atoms with van der Waals surface area (Å²) in [6.07, 6.45) is 1.65. The highest BCUT2D eigenvalue weighted by molar-refractivity contribution is 7.89. The van der Waals surface area contributed by atoms with Crippen molar-refractivity contribution < 1.29 is 22.8 Å². The predicted octanol–water partition coefficient (Wildman–Crippen LogP) is 0.752. The Morgan fingerprint density at radius 1 is 1.17 bits per heavy atom. The van der Waals surface area contributed by atoms with Gasteiger partial charge in [0.05, 0.1) is 21.2 Å². The van der Waals surface area contributed by atoms with Crippen LogP contribution in [-0.2, 0) is 10.0 Å². The van der Waals surface area contributed by atoms with Crippen molar-refractivity contribution in [3.8, 4) is 5.75 Å². The zero-order valence-corrected chi connectivity index (χ0v) is 17.8. The van der Waals surface area contributed by atoms with E-state index in [-0.39, 0.29) is 34.2 Å². The Hall–Kier alpha value is -2.42. The van der Waals surface area contributed by atoms with Crippen LogP contribution >= 0.6 is 0 Å². The Bertz CT molecular complexity index is 957. The highest BCUT2D eigenvalue weighted by Gasteiger charge is 2.30. The van der Waals surface area contributed by atoms with E-state index in [4.69, 9.17) is 4.74 Å². The van der Waals surface area contributed by atoms with Gasteiger partial charge in [-0.3, -0.25) is 4.79 Å². The van der Waals surface area contributed by atoms with Crippen LogP contribution in [0.25, 0.3) is 0 Å². The molecule has 2 aromatic carbocycles. The highest BCUT2D eigenvalue weighted by Crippen LogP contribution is 2.28. The fourth-order valence-corrected chi connectivity index (χ4v) is 4.60. The average molecular weight is 419 g/mol. The molecular weight excluding hydrogens is 390 g/mol. The van der Waals surface area contributed by atoms with E-state index in [1.807, 2.05) is 44.4 Å². The molecule has 1 fully saturated rings. The number of likely N-dealkylation sites (N-methyl/N-ethyl adjacent to an activating group) is 1. The molecular formula is C21H28N3O4S+. The molecule has 1 atom stereocenters. The van der Waals surface area contributed by atoms with Gasteiger partial charge in [-0.1, -0.05) is 30.3 Å². The zero-order valence-electron chi connectivity index (χ0n) is 16.9. The lowest BCUT2D eigenvalue weighted by Gasteiger charge is -2.21. The maximum Gasteiger partial charge on any atom is 0.252 e. The number of sulfonamides is 1. The van der Waals surface area contributed by atoms with Gasteiger partial charge in [0, 0.05) is 11.6 Å². The van der Waals surface area contributed by atoms with Gasteiger partial charge >= 0.3 is 0 Å². The summed E-state index contributed by atoms with van der Waals surface area (Å²) in [4.78, 5) is 14.1. The molecule has 1 aliphatic carbocycles. The quantitative estimate of drug-likeness (QED) is 0.561. The van der Waals surface area contributed by atoms with E-state index in [0.717, 1.165) is 18.4 Å². The summed E-state index contributed by atoms with van der Waals surface area (Å²) in [6, 6.07) is 14.0. The largest absolute Gasteiger partial charge is 0.495 e. The molecule has 7 nitrogen and oxygen atoms in total. The van der Waals surface area contributed by atoms with Crippen LogP contribution in [0.4, 0.5) is 0 Å². The van der Waals surface area contributed by atoms with E-state index in [1.165, 1.54) is 24.1 Å². The minimum atomic E-state index is -3.75. The van der Waals surface area contributed by atoms with E-state index < -0.39 is 10.0 Å². The molecule has 0 unspecified atom stereocenters. The second-order valence-electron chi connectivity index (χ2n) is 7.61. The number of nitrogens with one attached hydrogen (secondary N) is 3. The maximum atomic E-state index is 12.9. The Morgan fingerprint density at radius 3 is 2.45 bits per heavy atom. The van der Waals surface area contributed by atoms with E-state index in [1.54, 1.807) is 6.07 Å². The lowest BCUT2D eigenvalue weighted by molar-refractivity contribution is -0.860. The fourth-order valence-electron chi connectivity index (χ4n) is 3.10. The summed E-state index contributed by atoms with van der Waals surface area (Å²) in [7, 11) is 1.69. The van der Waals surface area contributed by atoms with Crippen LogP contribution in [0.2, 0.25) is 0 Å². The Labute approximate surface area is 172 Å². The normalized spacial score (nSPS) is 15.2. The molecule has 0 aromatic heterocycles. The molecule has 0 saturated heterocycles. The SMILES string of the molecule is COc1ccc(C(=O)N[C@H](C[NH+](C)C)c2ccccc2)cc1S(=O)(=O)NC1CC1. The summed E-state index contributed by atoms with van der Waals surface area (Å²) in [6.45, 7) is 0.695. The van der Waals surface area contributed by atoms with Crippen molar-refractivity contribution in [2.45, 2.75) is 29.8 Å². The fraction of sp³-hybridized carbons (Fsp3) is 0.381. The second kappa shape index (κ2) is 8.94. The summed E-state index contributed by atoms with van der Waals surface area (Å²) in [5, 5.41) is 3.03. The number of ether oxygens (including phenoxy) is 1. The second-order valence-corrected chi connectivity index (χ2v) is 9.29. The average Bonchev–Trinajstić information content (AvgIpc) is 3.50. The third-order valence-electron chi connectivity index (χ3n) is 4.73. The standard InChI is InChI=1S/C21H27N3O4S/c1-24(2)14-18(15-7-5-4-6-8-15)22-21(25)16-9-12-19(28-3)20(13-16)29(26,27)23-17-10-11-17/h4-9,12-13,17-18,23H,10-11,14H2,1-3H3,(H,22,25)/p+1/t18-/m1/s1. The maximum absolute atomic E-state index is 12.9. The van der Waals surface area contributed by atoms with Gasteiger partial charge in [0.15, 0.2) is 0 Å². The van der Waals surface area contributed by atoms with Gasteiger partial charge in [-0.05, 0) is 36.6 Å². The molecule has 0 radical (unpaired) electrons. The van der Waals surface area contributed by atoms with Crippen LogP contribution in [0.1, 0.15) is 34.8 Å². The van der Waals surface area contributed by atoms with Crippen molar-refractivity contribution in [2.75, 3.05) is 27.7 Å². The summed E-state index contributed by atoms with van der Waals surface area (Å²) >= 11 is 0. The minimum Gasteiger partial charge on any atom is -0.495 e. The summed E-state index contributed by atoms with van der Waals surface area (Å²) < 4.78 is 33.3. The minimum absolute atomic E-state index is 0.0194. The van der Waals surface area contributed by atoms with Gasteiger partial charge in [-0.25, -0.2) is 13.1 Å². The number of quaternary nitrogens is 1. The molecule has 1 saturated carbocycles. The Kier molecular flexibility index (Phi) is 6.56. The number of benzene rings is 2. The lowest BCUT2D eigenvalue weighted by atomic mass is 10.1. The van der Waals surface area contributed by atoms with E-state index in [9.17, 15) is 13.2 Å². The number of hydrogen-bond donors (Lipinski definition) is 3. The van der Waals surface area contributed by atoms with Gasteiger partial charge in [-0.2, -0.15) is 0 Å². The summed E-state index contributed by atoms with van der Waals surface area (Å²) in [5.41, 5.74) is 1.27. The first-order chi connectivity index (χ1) is 13.8. The molecule has 0 heterocycles. The third-order valence-corrected chi connectivity index (χ3v) is 6.28. The first-order valence-electron chi connectivity index (χ1n) is 9.65. The van der Waals surface area contributed by atoms with Crippen LogP contribution in [0.15, 0.2) is 53.4 Å². The van der Waals surface area contributed by atoms with Crippen molar-refractivity contribution in [1.29, 1.82) is 0 Å². The number of hydrogen-bond acceptors (Lipinski definition) is 4. The van der Waals surface area contributed by atoms with Gasteiger partial charge in [0.25, 0.3) is 5.91 Å². The van der Waals surface area contributed by atoms with E-state index >= 15 is 0 Å². The first kappa shape index (κ1) is 21.3. The zero-order chi connectivity index (χ0) is 21.0. The molecule has 1 aliphatic rings. The van der Waals surface area contributed by atoms with Crippen LogP contribution < -0.4 is 19.7 Å². The molecule has 3 rings (SSSR count). The molecule has 29 heavy (non-hydrogen) atoms. The monoisotopic (exact) mass is 418 g/mol. The van der Waals surface area contributed by atoms with Crippen molar-refractivity contribution >= 4 is 15.9 Å². The van der Waals surface area contributed by atoms with E-state index in [0.29, 0.717) is 6.54 Å². The predicted molar refractivity (Wildman–Crippen MR) is 111 cm³/mol. The van der Waals surface area contributed by atoms with Crippen molar-refractivity contribution in [3.63, 3.8) is 0 Å². The molecule has 0 aliphatic heterocycles. The Morgan fingerprint density at radius 2 is 1.86 bits per heavy atom. The first-order valence-corrected chi connectivity index (χ1v) is 11.1.